The average Bonchev–Trinajstić information content (AvgIpc) is 2.69. The lowest BCUT2D eigenvalue weighted by Gasteiger charge is -2.09. The monoisotopic (exact) mass is 383 g/mol. The second-order valence-corrected chi connectivity index (χ2v) is 6.16. The van der Waals surface area contributed by atoms with Crippen LogP contribution in [0.2, 0.25) is 5.02 Å². The van der Waals surface area contributed by atoms with Crippen molar-refractivity contribution in [2.75, 3.05) is 12.4 Å². The summed E-state index contributed by atoms with van der Waals surface area (Å²) < 4.78 is 18.3. The van der Waals surface area contributed by atoms with Gasteiger partial charge in [-0.1, -0.05) is 23.7 Å². The molecule has 0 aliphatic heterocycles. The molecule has 0 spiro atoms. The predicted molar refractivity (Wildman–Crippen MR) is 102 cm³/mol. The van der Waals surface area contributed by atoms with Crippen LogP contribution in [0.25, 0.3) is 0 Å². The maximum absolute atomic E-state index is 13.8. The summed E-state index contributed by atoms with van der Waals surface area (Å²) in [5.74, 6) is -1.91. The fraction of sp³-hybridized carbons (Fsp3) is 0.0476. The Morgan fingerprint density at radius 1 is 0.926 bits per heavy atom. The van der Waals surface area contributed by atoms with Gasteiger partial charge in [0.25, 0.3) is 0 Å². The van der Waals surface area contributed by atoms with Gasteiger partial charge in [0.05, 0.1) is 12.7 Å². The summed E-state index contributed by atoms with van der Waals surface area (Å²) >= 11 is 5.87. The molecule has 0 atom stereocenters. The molecule has 0 radical (unpaired) electrons. The molecular formula is C21H15ClFNO3. The van der Waals surface area contributed by atoms with Crippen LogP contribution in [0.5, 0.6) is 0 Å². The molecule has 3 rings (SSSR count). The zero-order valence-corrected chi connectivity index (χ0v) is 15.1. The summed E-state index contributed by atoms with van der Waals surface area (Å²) in [6, 6.07) is 17.6. The molecule has 0 saturated heterocycles. The quantitative estimate of drug-likeness (QED) is 0.483. The number of hydrogen-bond acceptors (Lipinski definition) is 4. The van der Waals surface area contributed by atoms with Gasteiger partial charge in [-0.3, -0.25) is 4.79 Å². The van der Waals surface area contributed by atoms with Gasteiger partial charge in [0.15, 0.2) is 5.78 Å². The third-order valence-corrected chi connectivity index (χ3v) is 4.14. The Labute approximate surface area is 160 Å². The number of carbonyl (C=O) groups excluding carboxylic acids is 2. The van der Waals surface area contributed by atoms with E-state index < -0.39 is 11.8 Å². The van der Waals surface area contributed by atoms with Crippen LogP contribution in [0, 0.1) is 5.82 Å². The fourth-order valence-corrected chi connectivity index (χ4v) is 2.66. The number of ketones is 1. The Kier molecular flexibility index (Phi) is 5.52. The normalized spacial score (nSPS) is 10.3. The highest BCUT2D eigenvalue weighted by atomic mass is 35.5. The van der Waals surface area contributed by atoms with Crippen molar-refractivity contribution in [1.82, 2.24) is 0 Å². The molecule has 27 heavy (non-hydrogen) atoms. The maximum Gasteiger partial charge on any atom is 0.340 e. The van der Waals surface area contributed by atoms with Crippen LogP contribution in [0.15, 0.2) is 66.7 Å². The largest absolute Gasteiger partial charge is 0.465 e. The Morgan fingerprint density at radius 3 is 2.33 bits per heavy atom. The summed E-state index contributed by atoms with van der Waals surface area (Å²) in [7, 11) is 1.15. The van der Waals surface area contributed by atoms with Crippen molar-refractivity contribution in [2.45, 2.75) is 0 Å². The zero-order valence-electron chi connectivity index (χ0n) is 14.3. The van der Waals surface area contributed by atoms with E-state index >= 15 is 0 Å². The van der Waals surface area contributed by atoms with Gasteiger partial charge in [0.1, 0.15) is 5.82 Å². The SMILES string of the molecule is COC(=O)c1cc(C(=O)c2cccc(Nc3ccc(Cl)cc3)c2)ccc1F. The van der Waals surface area contributed by atoms with E-state index in [4.69, 9.17) is 11.6 Å². The van der Waals surface area contributed by atoms with Crippen LogP contribution < -0.4 is 5.32 Å². The third kappa shape index (κ3) is 4.33. The number of carbonyl (C=O) groups is 2. The van der Waals surface area contributed by atoms with Crippen molar-refractivity contribution in [2.24, 2.45) is 0 Å². The predicted octanol–water partition coefficient (Wildman–Crippen LogP) is 5.24. The van der Waals surface area contributed by atoms with E-state index in [1.807, 2.05) is 18.2 Å². The minimum absolute atomic E-state index is 0.195. The number of esters is 1. The minimum atomic E-state index is -0.833. The Hall–Kier alpha value is -3.18. The molecule has 4 nitrogen and oxygen atoms in total. The molecule has 0 saturated carbocycles. The first-order valence-electron chi connectivity index (χ1n) is 8.03. The number of ether oxygens (including phenoxy) is 1. The lowest BCUT2D eigenvalue weighted by molar-refractivity contribution is 0.0595. The van der Waals surface area contributed by atoms with Crippen LogP contribution in [0.1, 0.15) is 26.3 Å². The number of methoxy groups -OCH3 is 1. The molecule has 0 unspecified atom stereocenters. The number of rotatable bonds is 5. The summed E-state index contributed by atoms with van der Waals surface area (Å²) in [6.07, 6.45) is 0. The lowest BCUT2D eigenvalue weighted by atomic mass is 10.0. The average molecular weight is 384 g/mol. The van der Waals surface area contributed by atoms with Crippen molar-refractivity contribution >= 4 is 34.7 Å². The summed E-state index contributed by atoms with van der Waals surface area (Å²) in [6.45, 7) is 0. The van der Waals surface area contributed by atoms with Crippen molar-refractivity contribution in [3.8, 4) is 0 Å². The van der Waals surface area contributed by atoms with E-state index in [9.17, 15) is 14.0 Å². The molecule has 0 fully saturated rings. The van der Waals surface area contributed by atoms with Crippen LogP contribution in [0.3, 0.4) is 0 Å². The number of halogens is 2. The minimum Gasteiger partial charge on any atom is -0.465 e. The first-order valence-corrected chi connectivity index (χ1v) is 8.41. The van der Waals surface area contributed by atoms with E-state index in [0.717, 1.165) is 18.9 Å². The molecule has 0 amide bonds. The van der Waals surface area contributed by atoms with Crippen molar-refractivity contribution in [1.29, 1.82) is 0 Å². The molecule has 1 N–H and O–H groups in total. The molecule has 136 valence electrons. The second kappa shape index (κ2) is 8.01. The first-order chi connectivity index (χ1) is 13.0. The number of hydrogen-bond donors (Lipinski definition) is 1. The Morgan fingerprint density at radius 2 is 1.63 bits per heavy atom. The molecular weight excluding hydrogens is 369 g/mol. The van der Waals surface area contributed by atoms with Gasteiger partial charge in [-0.25, -0.2) is 9.18 Å². The molecule has 3 aromatic rings. The highest BCUT2D eigenvalue weighted by molar-refractivity contribution is 6.30. The Balaban J connectivity index is 1.87. The van der Waals surface area contributed by atoms with Crippen molar-refractivity contribution in [3.63, 3.8) is 0 Å². The van der Waals surface area contributed by atoms with Crippen LogP contribution in [0.4, 0.5) is 15.8 Å². The van der Waals surface area contributed by atoms with Gasteiger partial charge in [-0.15, -0.1) is 0 Å². The number of nitrogens with one attached hydrogen (secondary N) is 1. The molecule has 0 aromatic heterocycles. The smallest absolute Gasteiger partial charge is 0.340 e. The standard InChI is InChI=1S/C21H15ClFNO3/c1-27-21(26)18-12-14(5-10-19(18)23)20(25)13-3-2-4-17(11-13)24-16-8-6-15(22)7-9-16/h2-12,24H,1H3. The number of benzene rings is 3. The molecule has 6 heteroatoms. The van der Waals surface area contributed by atoms with Crippen molar-refractivity contribution < 1.29 is 18.7 Å². The van der Waals surface area contributed by atoms with Gasteiger partial charge >= 0.3 is 5.97 Å². The van der Waals surface area contributed by atoms with Gasteiger partial charge in [0, 0.05) is 27.5 Å². The molecule has 0 heterocycles. The van der Waals surface area contributed by atoms with Crippen LogP contribution >= 0.6 is 11.6 Å². The molecule has 0 aliphatic carbocycles. The van der Waals surface area contributed by atoms with Gasteiger partial charge in [0.2, 0.25) is 0 Å². The topological polar surface area (TPSA) is 55.4 Å². The van der Waals surface area contributed by atoms with E-state index in [1.54, 1.807) is 30.3 Å². The second-order valence-electron chi connectivity index (χ2n) is 5.73. The highest BCUT2D eigenvalue weighted by Crippen LogP contribution is 2.22. The lowest BCUT2D eigenvalue weighted by Crippen LogP contribution is -2.08. The van der Waals surface area contributed by atoms with E-state index in [2.05, 4.69) is 10.1 Å². The van der Waals surface area contributed by atoms with Gasteiger partial charge < -0.3 is 10.1 Å². The molecule has 0 aliphatic rings. The van der Waals surface area contributed by atoms with E-state index in [0.29, 0.717) is 16.3 Å². The fourth-order valence-electron chi connectivity index (χ4n) is 2.54. The zero-order chi connectivity index (χ0) is 19.4. The van der Waals surface area contributed by atoms with Crippen LogP contribution in [-0.4, -0.2) is 18.9 Å². The van der Waals surface area contributed by atoms with Gasteiger partial charge in [-0.2, -0.15) is 0 Å². The van der Waals surface area contributed by atoms with Gasteiger partial charge in [-0.05, 0) is 54.6 Å². The summed E-state index contributed by atoms with van der Waals surface area (Å²) in [5.41, 5.74) is 1.84. The van der Waals surface area contributed by atoms with E-state index in [-0.39, 0.29) is 16.9 Å². The van der Waals surface area contributed by atoms with E-state index in [1.165, 1.54) is 12.1 Å². The van der Waals surface area contributed by atoms with Crippen LogP contribution in [-0.2, 0) is 4.74 Å². The Bertz CT molecular complexity index is 1000. The molecule has 0 bridgehead atoms. The first kappa shape index (κ1) is 18.6. The highest BCUT2D eigenvalue weighted by Gasteiger charge is 2.17. The molecule has 3 aromatic carbocycles. The summed E-state index contributed by atoms with van der Waals surface area (Å²) in [4.78, 5) is 24.4. The number of anilines is 2. The maximum atomic E-state index is 13.8. The third-order valence-electron chi connectivity index (χ3n) is 3.89. The van der Waals surface area contributed by atoms with Crippen molar-refractivity contribution in [3.05, 3.63) is 94.3 Å². The summed E-state index contributed by atoms with van der Waals surface area (Å²) in [5, 5.41) is 3.81.